The molecular weight excluding hydrogens is 393 g/mol. The van der Waals surface area contributed by atoms with E-state index in [-0.39, 0.29) is 24.0 Å². The lowest BCUT2D eigenvalue weighted by molar-refractivity contribution is 0.423. The van der Waals surface area contributed by atoms with Crippen molar-refractivity contribution in [2.24, 2.45) is 4.99 Å². The summed E-state index contributed by atoms with van der Waals surface area (Å²) in [6, 6.07) is 8.17. The Labute approximate surface area is 147 Å². The lowest BCUT2D eigenvalue weighted by Crippen LogP contribution is -2.35. The highest BCUT2D eigenvalue weighted by Crippen LogP contribution is 2.18. The molecule has 0 bridgehead atoms. The fraction of sp³-hybridized carbons (Fsp3) is 0.400. The Kier molecular flexibility index (Phi) is 7.86. The van der Waals surface area contributed by atoms with Crippen LogP contribution < -0.4 is 10.6 Å². The van der Waals surface area contributed by atoms with Crippen molar-refractivity contribution in [2.45, 2.75) is 19.8 Å². The summed E-state index contributed by atoms with van der Waals surface area (Å²) in [4.78, 5) is 8.39. The van der Waals surface area contributed by atoms with Gasteiger partial charge in [0, 0.05) is 32.6 Å². The normalized spacial score (nSPS) is 11.0. The molecule has 2 N–H and O–H groups in total. The lowest BCUT2D eigenvalue weighted by atomic mass is 10.1. The molecule has 0 saturated heterocycles. The van der Waals surface area contributed by atoms with Crippen LogP contribution in [0.5, 0.6) is 0 Å². The van der Waals surface area contributed by atoms with E-state index in [9.17, 15) is 0 Å². The van der Waals surface area contributed by atoms with E-state index in [1.165, 1.54) is 5.56 Å². The van der Waals surface area contributed by atoms with Crippen LogP contribution >= 0.6 is 24.0 Å². The molecule has 0 saturated carbocycles. The minimum absolute atomic E-state index is 0. The molecule has 7 heteroatoms. The van der Waals surface area contributed by atoms with Gasteiger partial charge in [0.2, 0.25) is 0 Å². The molecular formula is C15H22IN5O. The fourth-order valence-electron chi connectivity index (χ4n) is 1.93. The molecule has 0 aliphatic rings. The number of aromatic nitrogens is 2. The molecule has 1 heterocycles. The zero-order valence-electron chi connectivity index (χ0n) is 13.1. The van der Waals surface area contributed by atoms with Crippen LogP contribution in [-0.2, 0) is 12.8 Å². The number of halogens is 1. The molecule has 0 fully saturated rings. The first-order chi connectivity index (χ1) is 10.3. The summed E-state index contributed by atoms with van der Waals surface area (Å²) in [6.07, 6.45) is 1.70. The zero-order chi connectivity index (χ0) is 15.1. The summed E-state index contributed by atoms with van der Waals surface area (Å²) < 4.78 is 5.23. The molecule has 0 atom stereocenters. The summed E-state index contributed by atoms with van der Waals surface area (Å²) in [5.41, 5.74) is 2.19. The zero-order valence-corrected chi connectivity index (χ0v) is 15.4. The molecule has 0 spiro atoms. The van der Waals surface area contributed by atoms with Gasteiger partial charge in [0.25, 0.3) is 5.89 Å². The number of guanidine groups is 1. The summed E-state index contributed by atoms with van der Waals surface area (Å²) in [5, 5.41) is 10.1. The van der Waals surface area contributed by atoms with Gasteiger partial charge in [0.05, 0.1) is 0 Å². The van der Waals surface area contributed by atoms with Gasteiger partial charge in [0.15, 0.2) is 11.8 Å². The van der Waals surface area contributed by atoms with E-state index in [1.54, 1.807) is 7.05 Å². The van der Waals surface area contributed by atoms with Crippen LogP contribution in [0.15, 0.2) is 33.8 Å². The standard InChI is InChI=1S/C15H21N5O.HI/c1-4-13-19-14(21-20-13)12-7-5-11(6-8-12)9-10-18-15(16-2)17-3;/h5-8H,4,9-10H2,1-3H3,(H2,16,17,18);1H. The van der Waals surface area contributed by atoms with E-state index in [0.29, 0.717) is 5.89 Å². The Morgan fingerprint density at radius 2 is 2.00 bits per heavy atom. The Bertz CT molecular complexity index is 594. The quantitative estimate of drug-likeness (QED) is 0.445. The third-order valence-corrected chi connectivity index (χ3v) is 3.15. The molecule has 6 nitrogen and oxygen atoms in total. The molecule has 0 amide bonds. The van der Waals surface area contributed by atoms with Gasteiger partial charge in [-0.15, -0.1) is 24.0 Å². The van der Waals surface area contributed by atoms with Crippen LogP contribution in [-0.4, -0.2) is 36.7 Å². The third-order valence-electron chi connectivity index (χ3n) is 3.15. The monoisotopic (exact) mass is 415 g/mol. The Balaban J connectivity index is 0.00000242. The minimum Gasteiger partial charge on any atom is -0.359 e. The molecule has 2 rings (SSSR count). The number of hydrogen-bond acceptors (Lipinski definition) is 4. The summed E-state index contributed by atoms with van der Waals surface area (Å²) in [5.74, 6) is 2.11. The van der Waals surface area contributed by atoms with Crippen molar-refractivity contribution < 1.29 is 4.52 Å². The Morgan fingerprint density at radius 3 is 2.55 bits per heavy atom. The number of hydrogen-bond donors (Lipinski definition) is 2. The van der Waals surface area contributed by atoms with Crippen LogP contribution in [0.4, 0.5) is 0 Å². The second-order valence-corrected chi connectivity index (χ2v) is 4.57. The smallest absolute Gasteiger partial charge is 0.257 e. The first-order valence-electron chi connectivity index (χ1n) is 7.07. The van der Waals surface area contributed by atoms with Gasteiger partial charge < -0.3 is 15.2 Å². The van der Waals surface area contributed by atoms with Crippen molar-refractivity contribution in [1.29, 1.82) is 0 Å². The molecule has 0 aliphatic heterocycles. The van der Waals surface area contributed by atoms with Crippen molar-refractivity contribution in [1.82, 2.24) is 20.8 Å². The molecule has 1 aromatic heterocycles. The summed E-state index contributed by atoms with van der Waals surface area (Å²) in [6.45, 7) is 2.83. The van der Waals surface area contributed by atoms with Crippen LogP contribution in [0.1, 0.15) is 18.3 Å². The van der Waals surface area contributed by atoms with E-state index < -0.39 is 0 Å². The van der Waals surface area contributed by atoms with Crippen LogP contribution in [0.25, 0.3) is 11.5 Å². The largest absolute Gasteiger partial charge is 0.359 e. The first-order valence-corrected chi connectivity index (χ1v) is 7.07. The number of aliphatic imine (C=N–C) groups is 1. The second kappa shape index (κ2) is 9.39. The van der Waals surface area contributed by atoms with Crippen LogP contribution in [0.2, 0.25) is 0 Å². The number of benzene rings is 1. The second-order valence-electron chi connectivity index (χ2n) is 4.57. The summed E-state index contributed by atoms with van der Waals surface area (Å²) in [7, 11) is 3.60. The van der Waals surface area contributed by atoms with Gasteiger partial charge in [-0.3, -0.25) is 4.99 Å². The van der Waals surface area contributed by atoms with E-state index in [2.05, 4.69) is 37.9 Å². The van der Waals surface area contributed by atoms with Gasteiger partial charge in [-0.2, -0.15) is 4.98 Å². The topological polar surface area (TPSA) is 75.3 Å². The van der Waals surface area contributed by atoms with Crippen molar-refractivity contribution >= 4 is 29.9 Å². The van der Waals surface area contributed by atoms with Crippen molar-refractivity contribution in [3.05, 3.63) is 35.7 Å². The maximum absolute atomic E-state index is 5.23. The average molecular weight is 415 g/mol. The van der Waals surface area contributed by atoms with Crippen LogP contribution in [0, 0.1) is 0 Å². The molecule has 120 valence electrons. The predicted molar refractivity (Wildman–Crippen MR) is 98.7 cm³/mol. The minimum atomic E-state index is 0. The predicted octanol–water partition coefficient (Wildman–Crippen LogP) is 2.25. The molecule has 0 radical (unpaired) electrons. The maximum Gasteiger partial charge on any atom is 0.257 e. The van der Waals surface area contributed by atoms with Gasteiger partial charge in [-0.05, 0) is 24.1 Å². The van der Waals surface area contributed by atoms with E-state index in [0.717, 1.165) is 36.7 Å². The highest BCUT2D eigenvalue weighted by Gasteiger charge is 2.07. The summed E-state index contributed by atoms with van der Waals surface area (Å²) >= 11 is 0. The maximum atomic E-state index is 5.23. The average Bonchev–Trinajstić information content (AvgIpc) is 3.01. The molecule has 1 aromatic carbocycles. The van der Waals surface area contributed by atoms with Gasteiger partial charge in [0.1, 0.15) is 0 Å². The van der Waals surface area contributed by atoms with Gasteiger partial charge in [-0.25, -0.2) is 0 Å². The number of aryl methyl sites for hydroxylation is 1. The highest BCUT2D eigenvalue weighted by atomic mass is 127. The fourth-order valence-corrected chi connectivity index (χ4v) is 1.93. The third kappa shape index (κ3) is 4.97. The number of nitrogens with one attached hydrogen (secondary N) is 2. The van der Waals surface area contributed by atoms with Gasteiger partial charge in [-0.1, -0.05) is 24.2 Å². The first kappa shape index (κ1) is 18.4. The van der Waals surface area contributed by atoms with Crippen molar-refractivity contribution in [2.75, 3.05) is 20.6 Å². The molecule has 0 aliphatic carbocycles. The van der Waals surface area contributed by atoms with Gasteiger partial charge >= 0.3 is 0 Å². The van der Waals surface area contributed by atoms with Crippen LogP contribution in [0.3, 0.4) is 0 Å². The molecule has 22 heavy (non-hydrogen) atoms. The van der Waals surface area contributed by atoms with E-state index >= 15 is 0 Å². The van der Waals surface area contributed by atoms with Crippen molar-refractivity contribution in [3.63, 3.8) is 0 Å². The highest BCUT2D eigenvalue weighted by molar-refractivity contribution is 14.0. The van der Waals surface area contributed by atoms with Crippen molar-refractivity contribution in [3.8, 4) is 11.5 Å². The Morgan fingerprint density at radius 1 is 1.27 bits per heavy atom. The van der Waals surface area contributed by atoms with E-state index in [4.69, 9.17) is 4.52 Å². The lowest BCUT2D eigenvalue weighted by Gasteiger charge is -2.08. The SMILES string of the molecule is CCc1noc(-c2ccc(CCNC(=NC)NC)cc2)n1.I. The van der Waals surface area contributed by atoms with E-state index in [1.807, 2.05) is 26.1 Å². The number of nitrogens with zero attached hydrogens (tertiary/aromatic N) is 3. The number of rotatable bonds is 5. The molecule has 2 aromatic rings. The Hall–Kier alpha value is -1.64. The molecule has 0 unspecified atom stereocenters.